The molecule has 0 saturated heterocycles. The average Bonchev–Trinajstić information content (AvgIpc) is 3.60. The molecule has 0 fully saturated rings. The maximum atomic E-state index is 2.43. The molecule has 0 N–H and O–H groups in total. The number of hydrogen-bond acceptors (Lipinski definition) is 2. The fourth-order valence-electron chi connectivity index (χ4n) is 9.89. The van der Waals surface area contributed by atoms with Gasteiger partial charge < -0.3 is 9.80 Å². The zero-order chi connectivity index (χ0) is 43.7. The summed E-state index contributed by atoms with van der Waals surface area (Å²) in [5.74, 6) is 0. The Morgan fingerprint density at radius 1 is 0.246 bits per heavy atom. The van der Waals surface area contributed by atoms with Gasteiger partial charge in [0, 0.05) is 39.5 Å². The minimum absolute atomic E-state index is 0.143. The Hall–Kier alpha value is -8.20. The van der Waals surface area contributed by atoms with Gasteiger partial charge in [0.05, 0.1) is 0 Å². The molecule has 2 nitrogen and oxygen atoms in total. The summed E-state index contributed by atoms with van der Waals surface area (Å²) in [6, 6.07) is 92.6. The van der Waals surface area contributed by atoms with Gasteiger partial charge in [0.1, 0.15) is 0 Å². The third kappa shape index (κ3) is 7.39. The van der Waals surface area contributed by atoms with Crippen LogP contribution in [-0.4, -0.2) is 0 Å². The van der Waals surface area contributed by atoms with Crippen LogP contribution in [0.4, 0.5) is 34.1 Å². The van der Waals surface area contributed by atoms with Crippen molar-refractivity contribution in [1.82, 2.24) is 0 Å². The summed E-state index contributed by atoms with van der Waals surface area (Å²) in [7, 11) is 0. The van der Waals surface area contributed by atoms with Crippen LogP contribution in [0.5, 0.6) is 0 Å². The molecule has 10 aromatic rings. The lowest BCUT2D eigenvalue weighted by molar-refractivity contribution is 0.660. The number of rotatable bonds is 10. The minimum atomic E-state index is -0.143. The molecule has 0 spiro atoms. The van der Waals surface area contributed by atoms with Crippen LogP contribution in [-0.2, 0) is 5.41 Å². The molecule has 0 atom stereocenters. The molecule has 1 aliphatic rings. The molecular formula is C63H48N2. The van der Waals surface area contributed by atoms with E-state index in [2.05, 4.69) is 278 Å². The van der Waals surface area contributed by atoms with E-state index in [1.165, 1.54) is 55.6 Å². The number of hydrogen-bond donors (Lipinski definition) is 0. The average molecular weight is 833 g/mol. The Bertz CT molecular complexity index is 3150. The summed E-state index contributed by atoms with van der Waals surface area (Å²) < 4.78 is 0. The molecule has 65 heavy (non-hydrogen) atoms. The van der Waals surface area contributed by atoms with E-state index in [1.54, 1.807) is 0 Å². The van der Waals surface area contributed by atoms with Crippen molar-refractivity contribution in [2.24, 2.45) is 0 Å². The second-order valence-electron chi connectivity index (χ2n) is 17.4. The van der Waals surface area contributed by atoms with Gasteiger partial charge in [0.2, 0.25) is 0 Å². The first kappa shape index (κ1) is 39.6. The second-order valence-corrected chi connectivity index (χ2v) is 17.4. The molecule has 10 aromatic carbocycles. The number of nitrogens with zero attached hydrogens (tertiary/aromatic N) is 2. The van der Waals surface area contributed by atoms with E-state index >= 15 is 0 Å². The summed E-state index contributed by atoms with van der Waals surface area (Å²) in [5, 5.41) is 0. The molecule has 0 aromatic heterocycles. The molecule has 0 heterocycles. The Labute approximate surface area is 383 Å². The summed E-state index contributed by atoms with van der Waals surface area (Å²) in [6.07, 6.45) is 0. The summed E-state index contributed by atoms with van der Waals surface area (Å²) in [5.41, 5.74) is 21.2. The van der Waals surface area contributed by atoms with Crippen LogP contribution in [0.15, 0.2) is 255 Å². The minimum Gasteiger partial charge on any atom is -0.310 e. The monoisotopic (exact) mass is 832 g/mol. The van der Waals surface area contributed by atoms with Crippen molar-refractivity contribution in [1.29, 1.82) is 0 Å². The normalized spacial score (nSPS) is 12.3. The fourth-order valence-corrected chi connectivity index (χ4v) is 9.89. The van der Waals surface area contributed by atoms with E-state index in [1.807, 2.05) is 0 Å². The van der Waals surface area contributed by atoms with Gasteiger partial charge in [-0.3, -0.25) is 0 Å². The van der Waals surface area contributed by atoms with E-state index < -0.39 is 0 Å². The molecular weight excluding hydrogens is 785 g/mol. The second kappa shape index (κ2) is 16.8. The lowest BCUT2D eigenvalue weighted by Gasteiger charge is -2.31. The molecule has 1 aliphatic carbocycles. The van der Waals surface area contributed by atoms with E-state index in [0.717, 1.165) is 45.3 Å². The number of benzene rings is 10. The third-order valence-corrected chi connectivity index (χ3v) is 13.0. The molecule has 11 rings (SSSR count). The van der Waals surface area contributed by atoms with Gasteiger partial charge in [-0.25, -0.2) is 0 Å². The molecule has 0 aliphatic heterocycles. The molecule has 0 bridgehead atoms. The molecule has 310 valence electrons. The van der Waals surface area contributed by atoms with Crippen LogP contribution < -0.4 is 9.80 Å². The predicted octanol–water partition coefficient (Wildman–Crippen LogP) is 17.6. The van der Waals surface area contributed by atoms with Crippen molar-refractivity contribution >= 4 is 34.1 Å². The topological polar surface area (TPSA) is 6.48 Å². The zero-order valence-electron chi connectivity index (χ0n) is 36.6. The van der Waals surface area contributed by atoms with E-state index in [0.29, 0.717) is 0 Å². The summed E-state index contributed by atoms with van der Waals surface area (Å²) in [6.45, 7) is 4.71. The largest absolute Gasteiger partial charge is 0.310 e. The third-order valence-electron chi connectivity index (χ3n) is 13.0. The maximum absolute atomic E-state index is 2.43. The molecule has 0 radical (unpaired) electrons. The molecule has 0 saturated carbocycles. The Morgan fingerprint density at radius 3 is 1.18 bits per heavy atom. The number of fused-ring (bicyclic) bond motifs is 3. The van der Waals surface area contributed by atoms with Crippen molar-refractivity contribution in [2.45, 2.75) is 19.3 Å². The lowest BCUT2D eigenvalue weighted by atomic mass is 9.82. The van der Waals surface area contributed by atoms with Gasteiger partial charge in [-0.1, -0.05) is 202 Å². The molecule has 0 amide bonds. The van der Waals surface area contributed by atoms with Crippen molar-refractivity contribution in [3.8, 4) is 55.6 Å². The quantitative estimate of drug-likeness (QED) is 0.135. The first-order chi connectivity index (χ1) is 32.0. The van der Waals surface area contributed by atoms with E-state index in [-0.39, 0.29) is 5.41 Å². The van der Waals surface area contributed by atoms with Crippen LogP contribution >= 0.6 is 0 Å². The summed E-state index contributed by atoms with van der Waals surface area (Å²) >= 11 is 0. The zero-order valence-corrected chi connectivity index (χ0v) is 36.6. The smallest absolute Gasteiger partial charge is 0.0488 e. The van der Waals surface area contributed by atoms with Gasteiger partial charge in [-0.15, -0.1) is 0 Å². The highest BCUT2D eigenvalue weighted by Gasteiger charge is 2.36. The van der Waals surface area contributed by atoms with Crippen molar-refractivity contribution in [3.05, 3.63) is 266 Å². The fraction of sp³-hybridized carbons (Fsp3) is 0.0476. The lowest BCUT2D eigenvalue weighted by Crippen LogP contribution is -2.17. The van der Waals surface area contributed by atoms with Crippen LogP contribution in [0.2, 0.25) is 0 Å². The van der Waals surface area contributed by atoms with Crippen molar-refractivity contribution < 1.29 is 0 Å². The van der Waals surface area contributed by atoms with Gasteiger partial charge >= 0.3 is 0 Å². The van der Waals surface area contributed by atoms with Crippen LogP contribution in [0.25, 0.3) is 55.6 Å². The summed E-state index contributed by atoms with van der Waals surface area (Å²) in [4.78, 5) is 4.80. The Balaban J connectivity index is 1.11. The number of para-hydroxylation sites is 3. The molecule has 2 heteroatoms. The van der Waals surface area contributed by atoms with Crippen molar-refractivity contribution in [2.75, 3.05) is 9.80 Å². The van der Waals surface area contributed by atoms with Crippen LogP contribution in [0.3, 0.4) is 0 Å². The van der Waals surface area contributed by atoms with Gasteiger partial charge in [-0.2, -0.15) is 0 Å². The highest BCUT2D eigenvalue weighted by Crippen LogP contribution is 2.51. The van der Waals surface area contributed by atoms with Gasteiger partial charge in [0.25, 0.3) is 0 Å². The van der Waals surface area contributed by atoms with Crippen molar-refractivity contribution in [3.63, 3.8) is 0 Å². The Kier molecular flexibility index (Phi) is 10.3. The van der Waals surface area contributed by atoms with E-state index in [9.17, 15) is 0 Å². The van der Waals surface area contributed by atoms with Gasteiger partial charge in [0.15, 0.2) is 0 Å². The van der Waals surface area contributed by atoms with Crippen LogP contribution in [0.1, 0.15) is 25.0 Å². The first-order valence-electron chi connectivity index (χ1n) is 22.5. The van der Waals surface area contributed by atoms with Crippen LogP contribution in [0, 0.1) is 0 Å². The van der Waals surface area contributed by atoms with E-state index in [4.69, 9.17) is 0 Å². The Morgan fingerprint density at radius 2 is 0.662 bits per heavy atom. The van der Waals surface area contributed by atoms with Gasteiger partial charge in [-0.05, 0) is 133 Å². The maximum Gasteiger partial charge on any atom is 0.0488 e. The highest BCUT2D eigenvalue weighted by molar-refractivity contribution is 5.96. The molecule has 0 unspecified atom stereocenters. The standard InChI is InChI=1S/C63H48N2/c1-63(2)60-34-19-18-31-58(60)59-40-39-53(44-61(59)63)65(52-29-16-7-17-30-52)55-42-49(41-54(43-55)64(50-25-12-5-13-26-50)51-27-14-6-15-28-51)45-35-37-48(38-36-45)62-56(46-21-8-3-9-22-46)32-20-33-57(62)47-23-10-4-11-24-47/h3-44H,1-2H3. The number of anilines is 6. The first-order valence-corrected chi connectivity index (χ1v) is 22.5. The highest BCUT2D eigenvalue weighted by atomic mass is 15.2. The predicted molar refractivity (Wildman–Crippen MR) is 275 cm³/mol. The SMILES string of the molecule is CC1(C)c2ccccc2-c2ccc(N(c3ccccc3)c3cc(-c4ccc(-c5c(-c6ccccc6)cccc5-c5ccccc5)cc4)cc(N(c4ccccc4)c4ccccc4)c3)cc21.